The van der Waals surface area contributed by atoms with Gasteiger partial charge in [-0.15, -0.1) is 0 Å². The Kier molecular flexibility index (Phi) is 5.09. The van der Waals surface area contributed by atoms with Crippen molar-refractivity contribution >= 4 is 28.1 Å². The first kappa shape index (κ1) is 17.2. The number of hydrazone groups is 1. The molecule has 1 aromatic rings. The summed E-state index contributed by atoms with van der Waals surface area (Å²) in [6.45, 7) is 6.32. The molecule has 2 aliphatic rings. The summed E-state index contributed by atoms with van der Waals surface area (Å²) in [6, 6.07) is 5.68. The zero-order valence-electron chi connectivity index (χ0n) is 13.9. The minimum atomic E-state index is 0.0456. The molecular formula is C19H23BrN2O2. The van der Waals surface area contributed by atoms with Crippen LogP contribution in [0.3, 0.4) is 0 Å². The minimum Gasteiger partial charge on any atom is -0.489 e. The molecule has 3 rings (SSSR count). The first-order valence-electron chi connectivity index (χ1n) is 8.42. The topological polar surface area (TPSA) is 50.7 Å². The van der Waals surface area contributed by atoms with Crippen LogP contribution in [0.2, 0.25) is 0 Å². The van der Waals surface area contributed by atoms with Crippen LogP contribution in [0.1, 0.15) is 38.2 Å². The van der Waals surface area contributed by atoms with Crippen LogP contribution in [0.5, 0.6) is 5.75 Å². The Hall–Kier alpha value is -1.62. The maximum absolute atomic E-state index is 12.4. The fourth-order valence-corrected chi connectivity index (χ4v) is 4.36. The van der Waals surface area contributed by atoms with Gasteiger partial charge in [-0.05, 0) is 42.4 Å². The van der Waals surface area contributed by atoms with E-state index in [0.29, 0.717) is 18.3 Å². The van der Waals surface area contributed by atoms with Gasteiger partial charge in [-0.1, -0.05) is 48.4 Å². The molecule has 5 heteroatoms. The first-order valence-corrected chi connectivity index (χ1v) is 9.22. The molecule has 2 aliphatic carbocycles. The highest BCUT2D eigenvalue weighted by atomic mass is 79.9. The van der Waals surface area contributed by atoms with Crippen molar-refractivity contribution in [1.82, 2.24) is 5.43 Å². The van der Waals surface area contributed by atoms with Gasteiger partial charge < -0.3 is 4.74 Å². The van der Waals surface area contributed by atoms with Crippen molar-refractivity contribution < 1.29 is 9.53 Å². The number of amides is 1. The van der Waals surface area contributed by atoms with E-state index in [0.717, 1.165) is 16.5 Å². The van der Waals surface area contributed by atoms with Crippen molar-refractivity contribution in [2.45, 2.75) is 32.6 Å². The lowest BCUT2D eigenvalue weighted by Crippen LogP contribution is -2.22. The molecule has 24 heavy (non-hydrogen) atoms. The molecule has 3 atom stereocenters. The second-order valence-electron chi connectivity index (χ2n) is 6.85. The molecule has 4 nitrogen and oxygen atoms in total. The zero-order valence-corrected chi connectivity index (χ0v) is 15.5. The highest BCUT2D eigenvalue weighted by Gasteiger charge is 2.64. The zero-order chi connectivity index (χ0) is 17.2. The lowest BCUT2D eigenvalue weighted by atomic mass is 9.90. The average Bonchev–Trinajstić information content (AvgIpc) is 3.19. The Morgan fingerprint density at radius 2 is 2.38 bits per heavy atom. The van der Waals surface area contributed by atoms with Gasteiger partial charge in [0.2, 0.25) is 5.91 Å². The summed E-state index contributed by atoms with van der Waals surface area (Å²) in [5, 5.41) is 4.15. The molecule has 0 unspecified atom stereocenters. The van der Waals surface area contributed by atoms with Crippen LogP contribution in [0, 0.1) is 17.3 Å². The second-order valence-corrected chi connectivity index (χ2v) is 7.77. The highest BCUT2D eigenvalue weighted by molar-refractivity contribution is 9.10. The number of rotatable bonds is 6. The molecule has 0 bridgehead atoms. The van der Waals surface area contributed by atoms with E-state index in [1.165, 1.54) is 19.3 Å². The minimum absolute atomic E-state index is 0.0456. The average molecular weight is 391 g/mol. The molecule has 0 saturated heterocycles. The lowest BCUT2D eigenvalue weighted by molar-refractivity contribution is -0.123. The molecule has 1 amide bonds. The Balaban J connectivity index is 1.63. The van der Waals surface area contributed by atoms with Crippen molar-refractivity contribution in [3.8, 4) is 5.75 Å². The molecule has 2 fully saturated rings. The van der Waals surface area contributed by atoms with E-state index in [4.69, 9.17) is 4.74 Å². The summed E-state index contributed by atoms with van der Waals surface area (Å²) in [7, 11) is 0. The highest BCUT2D eigenvalue weighted by Crippen LogP contribution is 2.66. The van der Waals surface area contributed by atoms with Crippen LogP contribution >= 0.6 is 15.9 Å². The normalized spacial score (nSPS) is 28.2. The van der Waals surface area contributed by atoms with Crippen LogP contribution in [-0.2, 0) is 4.79 Å². The van der Waals surface area contributed by atoms with E-state index < -0.39 is 0 Å². The third-order valence-electron chi connectivity index (χ3n) is 5.32. The van der Waals surface area contributed by atoms with E-state index in [1.807, 2.05) is 18.2 Å². The molecule has 1 aromatic carbocycles. The predicted molar refractivity (Wildman–Crippen MR) is 99.1 cm³/mol. The quantitative estimate of drug-likeness (QED) is 0.447. The molecule has 0 aliphatic heterocycles. The monoisotopic (exact) mass is 390 g/mol. The maximum atomic E-state index is 12.4. The van der Waals surface area contributed by atoms with Gasteiger partial charge in [-0.2, -0.15) is 5.10 Å². The largest absolute Gasteiger partial charge is 0.489 e. The van der Waals surface area contributed by atoms with E-state index in [9.17, 15) is 4.79 Å². The van der Waals surface area contributed by atoms with Gasteiger partial charge in [0.25, 0.3) is 0 Å². The summed E-state index contributed by atoms with van der Waals surface area (Å²) in [6.07, 6.45) is 8.14. The smallest absolute Gasteiger partial charge is 0.244 e. The molecule has 1 N–H and O–H groups in total. The number of nitrogens with one attached hydrogen (secondary N) is 1. The van der Waals surface area contributed by atoms with Crippen LogP contribution < -0.4 is 10.2 Å². The molecule has 0 heterocycles. The number of hydrogen-bond donors (Lipinski definition) is 1. The second kappa shape index (κ2) is 7.09. The number of carbonyl (C=O) groups is 1. The van der Waals surface area contributed by atoms with Crippen LogP contribution in [0.4, 0.5) is 0 Å². The maximum Gasteiger partial charge on any atom is 0.244 e. The number of nitrogens with zero attached hydrogens (tertiary/aromatic N) is 1. The van der Waals surface area contributed by atoms with E-state index >= 15 is 0 Å². The Labute approximate surface area is 151 Å². The Morgan fingerprint density at radius 3 is 3.08 bits per heavy atom. The van der Waals surface area contributed by atoms with Crippen molar-refractivity contribution in [2.24, 2.45) is 22.4 Å². The Bertz CT molecular complexity index is 673. The van der Waals surface area contributed by atoms with E-state index in [1.54, 1.807) is 12.3 Å². The number of ether oxygens (including phenoxy) is 1. The van der Waals surface area contributed by atoms with Gasteiger partial charge >= 0.3 is 0 Å². The number of hydrogen-bond acceptors (Lipinski definition) is 3. The third-order valence-corrected chi connectivity index (χ3v) is 5.81. The summed E-state index contributed by atoms with van der Waals surface area (Å²) in [4.78, 5) is 12.4. The van der Waals surface area contributed by atoms with Gasteiger partial charge in [0.05, 0.1) is 6.21 Å². The van der Waals surface area contributed by atoms with Gasteiger partial charge in [0.15, 0.2) is 0 Å². The van der Waals surface area contributed by atoms with Gasteiger partial charge in [0, 0.05) is 16.0 Å². The van der Waals surface area contributed by atoms with Crippen LogP contribution in [-0.4, -0.2) is 18.7 Å². The summed E-state index contributed by atoms with van der Waals surface area (Å²) in [5.41, 5.74) is 3.73. The molecule has 128 valence electrons. The SMILES string of the molecule is C=CCOc1ccc(Br)cc1/C=N\NC(=O)[C@@H]1[C@H]2CCCC[C@@]21C. The third kappa shape index (κ3) is 3.41. The fourth-order valence-electron chi connectivity index (χ4n) is 3.99. The molecule has 2 saturated carbocycles. The summed E-state index contributed by atoms with van der Waals surface area (Å²) >= 11 is 3.44. The molecule has 0 radical (unpaired) electrons. The van der Waals surface area contributed by atoms with Crippen molar-refractivity contribution in [2.75, 3.05) is 6.61 Å². The van der Waals surface area contributed by atoms with Gasteiger partial charge in [0.1, 0.15) is 12.4 Å². The van der Waals surface area contributed by atoms with Gasteiger partial charge in [-0.3, -0.25) is 4.79 Å². The summed E-state index contributed by atoms with van der Waals surface area (Å²) < 4.78 is 6.54. The molecular weight excluding hydrogens is 368 g/mol. The fraction of sp³-hybridized carbons (Fsp3) is 0.474. The first-order chi connectivity index (χ1) is 11.6. The number of halogens is 1. The van der Waals surface area contributed by atoms with E-state index in [2.05, 4.69) is 40.0 Å². The number of benzene rings is 1. The summed E-state index contributed by atoms with van der Waals surface area (Å²) in [5.74, 6) is 1.42. The molecule has 0 spiro atoms. The lowest BCUT2D eigenvalue weighted by Gasteiger charge is -2.15. The standard InChI is InChI=1S/C19H23BrN2O2/c1-3-10-24-16-8-7-14(20)11-13(16)12-21-22-18(23)17-15-6-4-5-9-19(15,17)2/h3,7-8,11-12,15,17H,1,4-6,9-10H2,2H3,(H,22,23)/b21-12-/t15-,17+,19+/m1/s1. The van der Waals surface area contributed by atoms with Crippen molar-refractivity contribution in [1.29, 1.82) is 0 Å². The van der Waals surface area contributed by atoms with Crippen LogP contribution in [0.25, 0.3) is 0 Å². The van der Waals surface area contributed by atoms with Gasteiger partial charge in [-0.25, -0.2) is 5.43 Å². The molecule has 0 aromatic heterocycles. The van der Waals surface area contributed by atoms with Crippen molar-refractivity contribution in [3.63, 3.8) is 0 Å². The number of carbonyl (C=O) groups excluding carboxylic acids is 1. The number of fused-ring (bicyclic) bond motifs is 1. The van der Waals surface area contributed by atoms with Crippen LogP contribution in [0.15, 0.2) is 40.4 Å². The van der Waals surface area contributed by atoms with Crippen molar-refractivity contribution in [3.05, 3.63) is 40.9 Å². The van der Waals surface area contributed by atoms with E-state index in [-0.39, 0.29) is 17.2 Å². The Morgan fingerprint density at radius 1 is 1.54 bits per heavy atom. The predicted octanol–water partition coefficient (Wildman–Crippen LogP) is 4.29.